The number of fused-ring (bicyclic) bond motifs is 1. The second-order valence-electron chi connectivity index (χ2n) is 10.7. The number of nitrogens with zero attached hydrogens (tertiary/aromatic N) is 4. The van der Waals surface area contributed by atoms with Crippen molar-refractivity contribution in [1.29, 1.82) is 0 Å². The fourth-order valence-corrected chi connectivity index (χ4v) is 6.29. The largest absolute Gasteiger partial charge is 0.453 e. The van der Waals surface area contributed by atoms with Gasteiger partial charge in [-0.25, -0.2) is 4.39 Å². The van der Waals surface area contributed by atoms with Crippen LogP contribution in [0.5, 0.6) is 11.5 Å². The molecule has 3 aromatic heterocycles. The fourth-order valence-electron chi connectivity index (χ4n) is 5.08. The van der Waals surface area contributed by atoms with Gasteiger partial charge in [-0.15, -0.1) is 22.9 Å². The van der Waals surface area contributed by atoms with Crippen molar-refractivity contribution in [3.8, 4) is 22.1 Å². The van der Waals surface area contributed by atoms with Crippen LogP contribution in [0.25, 0.3) is 20.8 Å². The molecule has 1 amide bonds. The molecule has 7 nitrogen and oxygen atoms in total. The SMILES string of the molecule is O=C(Cc1ccc(Oc2ccnc3cc(-c4ccc(CN5CCN(C(=O)CCl)CC5)cn4)sc23)c(F)c1)CC1CC1. The number of piperazine rings is 1. The molecule has 41 heavy (non-hydrogen) atoms. The molecule has 6 rings (SSSR count). The number of alkyl halides is 1. The monoisotopic (exact) mass is 592 g/mol. The van der Waals surface area contributed by atoms with Gasteiger partial charge < -0.3 is 9.64 Å². The number of hydrogen-bond donors (Lipinski definition) is 0. The molecule has 4 aromatic rings. The maximum Gasteiger partial charge on any atom is 0.237 e. The number of ether oxygens (including phenoxy) is 1. The van der Waals surface area contributed by atoms with Crippen molar-refractivity contribution in [2.75, 3.05) is 32.1 Å². The minimum atomic E-state index is -0.493. The first-order valence-electron chi connectivity index (χ1n) is 13.8. The molecule has 0 atom stereocenters. The molecule has 0 radical (unpaired) electrons. The molecule has 0 unspecified atom stereocenters. The van der Waals surface area contributed by atoms with E-state index < -0.39 is 5.82 Å². The topological polar surface area (TPSA) is 75.6 Å². The van der Waals surface area contributed by atoms with E-state index in [9.17, 15) is 14.0 Å². The third kappa shape index (κ3) is 6.74. The molecule has 1 aromatic carbocycles. The van der Waals surface area contributed by atoms with E-state index in [2.05, 4.69) is 16.0 Å². The van der Waals surface area contributed by atoms with Crippen LogP contribution in [0, 0.1) is 11.7 Å². The molecule has 1 saturated carbocycles. The minimum Gasteiger partial charge on any atom is -0.453 e. The Kier molecular flexibility index (Phi) is 8.27. The van der Waals surface area contributed by atoms with Gasteiger partial charge in [-0.1, -0.05) is 12.1 Å². The summed E-state index contributed by atoms with van der Waals surface area (Å²) in [5, 5.41) is 0. The van der Waals surface area contributed by atoms with Crippen molar-refractivity contribution in [3.05, 3.63) is 71.8 Å². The van der Waals surface area contributed by atoms with Gasteiger partial charge in [-0.3, -0.25) is 24.5 Å². The van der Waals surface area contributed by atoms with Gasteiger partial charge in [0, 0.05) is 64.0 Å². The van der Waals surface area contributed by atoms with E-state index in [1.54, 1.807) is 29.3 Å². The van der Waals surface area contributed by atoms with Gasteiger partial charge in [0.15, 0.2) is 11.6 Å². The first-order chi connectivity index (χ1) is 19.9. The maximum atomic E-state index is 14.9. The van der Waals surface area contributed by atoms with E-state index in [-0.39, 0.29) is 29.7 Å². The standard InChI is InChI=1S/C31H30ClFN4O3S/c32-17-30(39)37-11-9-36(10-12-37)19-22-3-5-25(35-18-22)29-16-26-31(41-29)28(7-8-34-26)40-27-6-4-21(15-24(27)33)14-23(38)13-20-1-2-20/h3-8,15-16,18,20H,1-2,9-14,17,19H2. The molecule has 2 fully saturated rings. The highest BCUT2D eigenvalue weighted by molar-refractivity contribution is 7.22. The van der Waals surface area contributed by atoms with Crippen molar-refractivity contribution >= 4 is 44.8 Å². The van der Waals surface area contributed by atoms with Gasteiger partial charge in [0.25, 0.3) is 0 Å². The smallest absolute Gasteiger partial charge is 0.237 e. The number of hydrogen-bond acceptors (Lipinski definition) is 7. The number of carbonyl (C=O) groups excluding carboxylic acids is 2. The zero-order chi connectivity index (χ0) is 28.3. The molecule has 1 aliphatic carbocycles. The van der Waals surface area contributed by atoms with Gasteiger partial charge >= 0.3 is 0 Å². The molecule has 1 aliphatic heterocycles. The molecule has 0 bridgehead atoms. The molecule has 0 spiro atoms. The third-order valence-electron chi connectivity index (χ3n) is 7.53. The fraction of sp³-hybridized carbons (Fsp3) is 0.355. The molecule has 1 saturated heterocycles. The second kappa shape index (κ2) is 12.2. The van der Waals surface area contributed by atoms with E-state index in [1.807, 2.05) is 18.3 Å². The number of Topliss-reactive ketones (excluding diaryl/α,β-unsaturated/α-hetero) is 1. The Hall–Kier alpha value is -3.40. The van der Waals surface area contributed by atoms with Crippen LogP contribution in [-0.4, -0.2) is 63.5 Å². The third-order valence-corrected chi connectivity index (χ3v) is 8.92. The summed E-state index contributed by atoms with van der Waals surface area (Å²) in [7, 11) is 0. The van der Waals surface area contributed by atoms with Gasteiger partial charge in [0.05, 0.1) is 20.8 Å². The van der Waals surface area contributed by atoms with Gasteiger partial charge in [0.2, 0.25) is 5.91 Å². The summed E-state index contributed by atoms with van der Waals surface area (Å²) in [4.78, 5) is 38.2. The van der Waals surface area contributed by atoms with Crippen LogP contribution in [0.15, 0.2) is 54.9 Å². The number of ketones is 1. The van der Waals surface area contributed by atoms with Crippen molar-refractivity contribution in [1.82, 2.24) is 19.8 Å². The second-order valence-corrected chi connectivity index (χ2v) is 12.0. The number of amides is 1. The average molecular weight is 593 g/mol. The summed E-state index contributed by atoms with van der Waals surface area (Å²) >= 11 is 7.17. The van der Waals surface area contributed by atoms with Crippen LogP contribution < -0.4 is 4.74 Å². The molecule has 2 aliphatic rings. The molecule has 4 heterocycles. The maximum absolute atomic E-state index is 14.9. The molecule has 0 N–H and O–H groups in total. The normalized spacial score (nSPS) is 15.8. The number of carbonyl (C=O) groups is 2. The Labute approximate surface area is 246 Å². The van der Waals surface area contributed by atoms with E-state index >= 15 is 0 Å². The Balaban J connectivity index is 1.11. The lowest BCUT2D eigenvalue weighted by Gasteiger charge is -2.34. The summed E-state index contributed by atoms with van der Waals surface area (Å²) in [5.41, 5.74) is 3.34. The van der Waals surface area contributed by atoms with Crippen LogP contribution in [0.4, 0.5) is 4.39 Å². The molecular weight excluding hydrogens is 563 g/mol. The predicted octanol–water partition coefficient (Wildman–Crippen LogP) is 6.08. The lowest BCUT2D eigenvalue weighted by atomic mass is 10.0. The summed E-state index contributed by atoms with van der Waals surface area (Å²) < 4.78 is 21.7. The summed E-state index contributed by atoms with van der Waals surface area (Å²) in [6.45, 7) is 3.74. The Bertz CT molecular complexity index is 1570. The quantitative estimate of drug-likeness (QED) is 0.208. The van der Waals surface area contributed by atoms with Crippen LogP contribution in [-0.2, 0) is 22.6 Å². The summed E-state index contributed by atoms with van der Waals surface area (Å²) in [6.07, 6.45) is 6.61. The van der Waals surface area contributed by atoms with Crippen LogP contribution in [0.3, 0.4) is 0 Å². The van der Waals surface area contributed by atoms with Crippen molar-refractivity contribution in [3.63, 3.8) is 0 Å². The van der Waals surface area contributed by atoms with Crippen molar-refractivity contribution in [2.45, 2.75) is 32.2 Å². The highest BCUT2D eigenvalue weighted by atomic mass is 35.5. The Morgan fingerprint density at radius 3 is 2.51 bits per heavy atom. The molecule has 212 valence electrons. The van der Waals surface area contributed by atoms with Crippen LogP contribution >= 0.6 is 22.9 Å². The highest BCUT2D eigenvalue weighted by Crippen LogP contribution is 2.39. The van der Waals surface area contributed by atoms with E-state index in [0.717, 1.165) is 58.8 Å². The molecular formula is C31H30ClFN4O3S. The van der Waals surface area contributed by atoms with Crippen LogP contribution in [0.2, 0.25) is 0 Å². The Morgan fingerprint density at radius 1 is 1.00 bits per heavy atom. The number of thiophene rings is 1. The Morgan fingerprint density at radius 2 is 1.80 bits per heavy atom. The lowest BCUT2D eigenvalue weighted by molar-refractivity contribution is -0.130. The first kappa shape index (κ1) is 27.8. The predicted molar refractivity (Wildman–Crippen MR) is 158 cm³/mol. The van der Waals surface area contributed by atoms with E-state index in [0.29, 0.717) is 36.7 Å². The highest BCUT2D eigenvalue weighted by Gasteiger charge is 2.24. The zero-order valence-electron chi connectivity index (χ0n) is 22.5. The van der Waals surface area contributed by atoms with Crippen molar-refractivity contribution in [2.24, 2.45) is 5.92 Å². The number of pyridine rings is 2. The van der Waals surface area contributed by atoms with E-state index in [4.69, 9.17) is 21.3 Å². The first-order valence-corrected chi connectivity index (χ1v) is 15.2. The van der Waals surface area contributed by atoms with Gasteiger partial charge in [-0.05, 0) is 54.2 Å². The summed E-state index contributed by atoms with van der Waals surface area (Å²) in [5.74, 6) is 0.830. The van der Waals surface area contributed by atoms with Gasteiger partial charge in [-0.2, -0.15) is 0 Å². The lowest BCUT2D eigenvalue weighted by Crippen LogP contribution is -2.48. The number of halogens is 2. The van der Waals surface area contributed by atoms with E-state index in [1.165, 1.54) is 17.4 Å². The average Bonchev–Trinajstić information content (AvgIpc) is 3.68. The van der Waals surface area contributed by atoms with Gasteiger partial charge in [0.1, 0.15) is 17.4 Å². The zero-order valence-corrected chi connectivity index (χ0v) is 24.1. The van der Waals surface area contributed by atoms with Crippen LogP contribution in [0.1, 0.15) is 30.4 Å². The molecule has 10 heteroatoms. The number of aromatic nitrogens is 2. The number of benzene rings is 1. The minimum absolute atomic E-state index is 0.0150. The summed E-state index contributed by atoms with van der Waals surface area (Å²) in [6, 6.07) is 12.5. The number of rotatable bonds is 10. The van der Waals surface area contributed by atoms with Crippen molar-refractivity contribution < 1.29 is 18.7 Å².